The Morgan fingerprint density at radius 1 is 1.16 bits per heavy atom. The molecule has 1 aromatic carbocycles. The molecule has 0 N–H and O–H groups in total. The Labute approximate surface area is 118 Å². The number of carbonyl (C=O) groups is 3. The van der Waals surface area contributed by atoms with Crippen LogP contribution in [0.1, 0.15) is 24.8 Å². The number of aryl methyl sites for hydroxylation is 1. The maximum atomic E-state index is 11.6. The van der Waals surface area contributed by atoms with Crippen LogP contribution in [0.2, 0.25) is 0 Å². The molecule has 0 atom stereocenters. The van der Waals surface area contributed by atoms with E-state index < -0.39 is 17.8 Å². The molecule has 2 amide bonds. The fraction of sp³-hybridized carbons (Fsp3) is 0.308. The van der Waals surface area contributed by atoms with Crippen molar-refractivity contribution in [1.29, 1.82) is 0 Å². The average Bonchev–Trinajstić information content (AvgIpc) is 2.70. The number of benzene rings is 1. The molecule has 0 aliphatic carbocycles. The lowest BCUT2D eigenvalue weighted by Crippen LogP contribution is -2.32. The number of hydroxylamine groups is 2. The van der Waals surface area contributed by atoms with Crippen LogP contribution in [0.5, 0.6) is 0 Å². The highest BCUT2D eigenvalue weighted by Gasteiger charge is 2.32. The summed E-state index contributed by atoms with van der Waals surface area (Å²) in [5.41, 5.74) is 0.985. The van der Waals surface area contributed by atoms with E-state index in [0.717, 1.165) is 10.0 Å². The van der Waals surface area contributed by atoms with Crippen molar-refractivity contribution in [3.63, 3.8) is 0 Å². The summed E-state index contributed by atoms with van der Waals surface area (Å²) in [6, 6.07) is 7.55. The molecule has 6 heteroatoms. The number of amides is 2. The quantitative estimate of drug-likeness (QED) is 0.794. The highest BCUT2D eigenvalue weighted by molar-refractivity contribution is 9.10. The Morgan fingerprint density at radius 2 is 1.74 bits per heavy atom. The van der Waals surface area contributed by atoms with E-state index in [2.05, 4.69) is 15.9 Å². The second kappa shape index (κ2) is 5.97. The number of rotatable bonds is 4. The minimum Gasteiger partial charge on any atom is -0.330 e. The third kappa shape index (κ3) is 3.64. The summed E-state index contributed by atoms with van der Waals surface area (Å²) in [6.07, 6.45) is 0.846. The first-order valence-corrected chi connectivity index (χ1v) is 6.66. The SMILES string of the molecule is O=C(CCc1ccc(Br)cc1)ON1C(=O)CCC1=O. The van der Waals surface area contributed by atoms with Crippen LogP contribution in [0.15, 0.2) is 28.7 Å². The normalized spacial score (nSPS) is 14.9. The Balaban J connectivity index is 1.83. The van der Waals surface area contributed by atoms with Gasteiger partial charge >= 0.3 is 5.97 Å². The molecule has 0 spiro atoms. The monoisotopic (exact) mass is 325 g/mol. The van der Waals surface area contributed by atoms with Crippen molar-refractivity contribution in [1.82, 2.24) is 5.06 Å². The van der Waals surface area contributed by atoms with Gasteiger partial charge < -0.3 is 4.84 Å². The van der Waals surface area contributed by atoms with E-state index in [0.29, 0.717) is 11.5 Å². The highest BCUT2D eigenvalue weighted by Crippen LogP contribution is 2.14. The van der Waals surface area contributed by atoms with Crippen molar-refractivity contribution in [2.24, 2.45) is 0 Å². The van der Waals surface area contributed by atoms with E-state index >= 15 is 0 Å². The number of carbonyl (C=O) groups excluding carboxylic acids is 3. The van der Waals surface area contributed by atoms with E-state index in [4.69, 9.17) is 4.84 Å². The molecule has 0 aromatic heterocycles. The Kier molecular flexibility index (Phi) is 4.31. The number of imide groups is 1. The van der Waals surface area contributed by atoms with Gasteiger partial charge in [-0.2, -0.15) is 0 Å². The van der Waals surface area contributed by atoms with Crippen molar-refractivity contribution < 1.29 is 19.2 Å². The van der Waals surface area contributed by atoms with Crippen LogP contribution in [0.25, 0.3) is 0 Å². The van der Waals surface area contributed by atoms with Gasteiger partial charge in [0, 0.05) is 17.3 Å². The molecule has 5 nitrogen and oxygen atoms in total. The molecule has 1 aliphatic heterocycles. The van der Waals surface area contributed by atoms with Crippen molar-refractivity contribution in [3.05, 3.63) is 34.3 Å². The van der Waals surface area contributed by atoms with Gasteiger partial charge in [0.15, 0.2) is 0 Å². The van der Waals surface area contributed by atoms with Gasteiger partial charge in [-0.05, 0) is 24.1 Å². The molecular weight excluding hydrogens is 314 g/mol. The van der Waals surface area contributed by atoms with E-state index in [1.54, 1.807) is 0 Å². The van der Waals surface area contributed by atoms with Gasteiger partial charge in [0.2, 0.25) is 0 Å². The van der Waals surface area contributed by atoms with Crippen LogP contribution in [0.4, 0.5) is 0 Å². The third-order valence-electron chi connectivity index (χ3n) is 2.73. The van der Waals surface area contributed by atoms with Crippen LogP contribution in [-0.2, 0) is 25.6 Å². The van der Waals surface area contributed by atoms with Gasteiger partial charge in [-0.15, -0.1) is 5.06 Å². The first kappa shape index (κ1) is 13.7. The summed E-state index contributed by atoms with van der Waals surface area (Å²) in [5, 5.41) is 0.573. The number of hydrogen-bond donors (Lipinski definition) is 0. The van der Waals surface area contributed by atoms with E-state index in [-0.39, 0.29) is 19.3 Å². The molecule has 19 heavy (non-hydrogen) atoms. The summed E-state index contributed by atoms with van der Waals surface area (Å²) >= 11 is 3.32. The summed E-state index contributed by atoms with van der Waals surface area (Å²) < 4.78 is 0.965. The molecule has 0 bridgehead atoms. The molecular formula is C13H12BrNO4. The predicted molar refractivity (Wildman–Crippen MR) is 69.6 cm³/mol. The minimum absolute atomic E-state index is 0.110. The third-order valence-corrected chi connectivity index (χ3v) is 3.26. The smallest absolute Gasteiger partial charge is 0.330 e. The Hall–Kier alpha value is -1.69. The lowest BCUT2D eigenvalue weighted by Gasteiger charge is -2.12. The first-order chi connectivity index (χ1) is 9.06. The lowest BCUT2D eigenvalue weighted by molar-refractivity contribution is -0.197. The number of hydrogen-bond acceptors (Lipinski definition) is 4. The second-order valence-electron chi connectivity index (χ2n) is 4.17. The minimum atomic E-state index is -0.577. The maximum Gasteiger partial charge on any atom is 0.333 e. The maximum absolute atomic E-state index is 11.6. The summed E-state index contributed by atoms with van der Waals surface area (Å²) in [7, 11) is 0. The topological polar surface area (TPSA) is 63.7 Å². The number of nitrogens with zero attached hydrogens (tertiary/aromatic N) is 1. The molecule has 1 heterocycles. The fourth-order valence-electron chi connectivity index (χ4n) is 1.70. The fourth-order valence-corrected chi connectivity index (χ4v) is 1.97. The van der Waals surface area contributed by atoms with E-state index in [1.165, 1.54) is 0 Å². The van der Waals surface area contributed by atoms with Crippen LogP contribution >= 0.6 is 15.9 Å². The van der Waals surface area contributed by atoms with Gasteiger partial charge in [-0.25, -0.2) is 4.79 Å². The Bertz CT molecular complexity index is 496. The van der Waals surface area contributed by atoms with Crippen molar-refractivity contribution in [3.8, 4) is 0 Å². The molecule has 100 valence electrons. The van der Waals surface area contributed by atoms with Crippen LogP contribution in [-0.4, -0.2) is 22.8 Å². The van der Waals surface area contributed by atoms with Crippen molar-refractivity contribution >= 4 is 33.7 Å². The second-order valence-corrected chi connectivity index (χ2v) is 5.09. The van der Waals surface area contributed by atoms with Crippen molar-refractivity contribution in [2.75, 3.05) is 0 Å². The zero-order valence-electron chi connectivity index (χ0n) is 10.1. The molecule has 1 fully saturated rings. The Morgan fingerprint density at radius 3 is 2.32 bits per heavy atom. The molecule has 2 rings (SSSR count). The number of halogens is 1. The molecule has 1 saturated heterocycles. The summed E-state index contributed by atoms with van der Waals surface area (Å²) in [5.74, 6) is -1.49. The molecule has 1 aliphatic rings. The predicted octanol–water partition coefficient (Wildman–Crippen LogP) is 1.99. The molecule has 1 aromatic rings. The van der Waals surface area contributed by atoms with Gasteiger partial charge in [0.05, 0.1) is 6.42 Å². The zero-order chi connectivity index (χ0) is 13.8. The van der Waals surface area contributed by atoms with Gasteiger partial charge in [-0.1, -0.05) is 28.1 Å². The van der Waals surface area contributed by atoms with Crippen molar-refractivity contribution in [2.45, 2.75) is 25.7 Å². The largest absolute Gasteiger partial charge is 0.333 e. The summed E-state index contributed by atoms with van der Waals surface area (Å²) in [6.45, 7) is 0. The molecule has 0 radical (unpaired) electrons. The van der Waals surface area contributed by atoms with Crippen LogP contribution in [0.3, 0.4) is 0 Å². The molecule has 0 unspecified atom stereocenters. The average molecular weight is 326 g/mol. The van der Waals surface area contributed by atoms with Gasteiger partial charge in [0.25, 0.3) is 11.8 Å². The van der Waals surface area contributed by atoms with E-state index in [1.807, 2.05) is 24.3 Å². The van der Waals surface area contributed by atoms with Gasteiger partial charge in [-0.3, -0.25) is 9.59 Å². The molecule has 0 saturated carbocycles. The van der Waals surface area contributed by atoms with Crippen LogP contribution < -0.4 is 0 Å². The van der Waals surface area contributed by atoms with Crippen LogP contribution in [0, 0.1) is 0 Å². The lowest BCUT2D eigenvalue weighted by atomic mass is 10.1. The standard InChI is InChI=1S/C13H12BrNO4/c14-10-4-1-9(2-5-10)3-8-13(18)19-15-11(16)6-7-12(15)17/h1-2,4-5H,3,6-8H2. The van der Waals surface area contributed by atoms with E-state index in [9.17, 15) is 14.4 Å². The highest BCUT2D eigenvalue weighted by atomic mass is 79.9. The first-order valence-electron chi connectivity index (χ1n) is 5.87. The zero-order valence-corrected chi connectivity index (χ0v) is 11.7. The van der Waals surface area contributed by atoms with Gasteiger partial charge in [0.1, 0.15) is 0 Å². The summed E-state index contributed by atoms with van der Waals surface area (Å²) in [4.78, 5) is 38.8.